The van der Waals surface area contributed by atoms with Crippen molar-refractivity contribution in [1.82, 2.24) is 0 Å². The average molecular weight is 394 g/mol. The zero-order valence-electron chi connectivity index (χ0n) is 15.4. The number of carbonyl (C=O) groups is 2. The van der Waals surface area contributed by atoms with E-state index in [4.69, 9.17) is 4.74 Å². The molecule has 2 aliphatic heterocycles. The SMILES string of the molecule is COc1ccc(N2C(=O)CSC2C=NN=C2C(=O)Nc3ccc(C)cc32)cc1. The Balaban J connectivity index is 1.57. The summed E-state index contributed by atoms with van der Waals surface area (Å²) >= 11 is 1.46. The van der Waals surface area contributed by atoms with Crippen LogP contribution in [0.1, 0.15) is 11.1 Å². The molecule has 1 N–H and O–H groups in total. The summed E-state index contributed by atoms with van der Waals surface area (Å²) in [4.78, 5) is 26.2. The van der Waals surface area contributed by atoms with Crippen LogP contribution in [0.5, 0.6) is 5.75 Å². The van der Waals surface area contributed by atoms with Gasteiger partial charge in [0.1, 0.15) is 11.1 Å². The van der Waals surface area contributed by atoms with E-state index in [1.807, 2.05) is 49.4 Å². The van der Waals surface area contributed by atoms with Crippen LogP contribution in [-0.4, -0.2) is 42.0 Å². The molecule has 0 aliphatic carbocycles. The maximum absolute atomic E-state index is 12.3. The highest BCUT2D eigenvalue weighted by atomic mass is 32.2. The molecule has 4 rings (SSSR count). The van der Waals surface area contributed by atoms with Crippen molar-refractivity contribution < 1.29 is 14.3 Å². The summed E-state index contributed by atoms with van der Waals surface area (Å²) in [5, 5.41) is 10.7. The topological polar surface area (TPSA) is 83.4 Å². The molecule has 7 nitrogen and oxygen atoms in total. The molecular weight excluding hydrogens is 376 g/mol. The minimum atomic E-state index is -0.285. The van der Waals surface area contributed by atoms with Crippen molar-refractivity contribution in [3.63, 3.8) is 0 Å². The predicted molar refractivity (Wildman–Crippen MR) is 112 cm³/mol. The number of hydrogen-bond donors (Lipinski definition) is 1. The van der Waals surface area contributed by atoms with Gasteiger partial charge in [0.2, 0.25) is 5.91 Å². The highest BCUT2D eigenvalue weighted by Gasteiger charge is 2.32. The summed E-state index contributed by atoms with van der Waals surface area (Å²) in [5.74, 6) is 0.807. The molecule has 1 fully saturated rings. The third-order valence-electron chi connectivity index (χ3n) is 4.50. The van der Waals surface area contributed by atoms with Gasteiger partial charge in [0.05, 0.1) is 24.8 Å². The molecule has 2 aromatic rings. The quantitative estimate of drug-likeness (QED) is 0.638. The van der Waals surface area contributed by atoms with Crippen LogP contribution in [0.15, 0.2) is 52.7 Å². The number of nitrogens with zero attached hydrogens (tertiary/aromatic N) is 3. The number of amides is 2. The smallest absolute Gasteiger partial charge is 0.276 e. The van der Waals surface area contributed by atoms with Gasteiger partial charge in [-0.3, -0.25) is 14.5 Å². The zero-order valence-corrected chi connectivity index (χ0v) is 16.2. The van der Waals surface area contributed by atoms with Crippen LogP contribution in [0.25, 0.3) is 0 Å². The van der Waals surface area contributed by atoms with Gasteiger partial charge in [0.15, 0.2) is 5.71 Å². The van der Waals surface area contributed by atoms with E-state index in [0.717, 1.165) is 28.3 Å². The Bertz CT molecular complexity index is 1000. The van der Waals surface area contributed by atoms with E-state index >= 15 is 0 Å². The molecule has 2 aromatic carbocycles. The third-order valence-corrected chi connectivity index (χ3v) is 5.58. The van der Waals surface area contributed by atoms with Gasteiger partial charge in [0.25, 0.3) is 5.91 Å². The van der Waals surface area contributed by atoms with Crippen molar-refractivity contribution in [3.8, 4) is 5.75 Å². The van der Waals surface area contributed by atoms with Gasteiger partial charge in [-0.25, -0.2) is 0 Å². The first-order valence-electron chi connectivity index (χ1n) is 8.68. The van der Waals surface area contributed by atoms with Gasteiger partial charge < -0.3 is 10.1 Å². The molecular formula is C20H18N4O3S. The van der Waals surface area contributed by atoms with Gasteiger partial charge >= 0.3 is 0 Å². The Hall–Kier alpha value is -3.13. The molecule has 0 spiro atoms. The van der Waals surface area contributed by atoms with Crippen LogP contribution >= 0.6 is 11.8 Å². The van der Waals surface area contributed by atoms with Crippen LogP contribution in [0, 0.1) is 6.92 Å². The molecule has 2 aliphatic rings. The molecule has 2 heterocycles. The lowest BCUT2D eigenvalue weighted by molar-refractivity contribution is -0.115. The van der Waals surface area contributed by atoms with E-state index in [9.17, 15) is 9.59 Å². The average Bonchev–Trinajstić information content (AvgIpc) is 3.21. The Kier molecular flexibility index (Phi) is 4.87. The molecule has 8 heteroatoms. The number of thioether (sulfide) groups is 1. The van der Waals surface area contributed by atoms with Crippen LogP contribution in [-0.2, 0) is 9.59 Å². The Morgan fingerprint density at radius 1 is 1.21 bits per heavy atom. The van der Waals surface area contributed by atoms with Crippen molar-refractivity contribution >= 4 is 46.9 Å². The van der Waals surface area contributed by atoms with Crippen molar-refractivity contribution in [2.24, 2.45) is 10.2 Å². The largest absolute Gasteiger partial charge is 0.497 e. The van der Waals surface area contributed by atoms with Crippen LogP contribution in [0.2, 0.25) is 0 Å². The second kappa shape index (κ2) is 7.47. The number of rotatable bonds is 4. The number of hydrogen-bond acceptors (Lipinski definition) is 6. The zero-order chi connectivity index (χ0) is 19.7. The summed E-state index contributed by atoms with van der Waals surface area (Å²) < 4.78 is 5.16. The standard InChI is InChI=1S/C20H18N4O3S/c1-12-3-8-16-15(9-12)19(20(26)22-16)23-21-10-18-24(17(25)11-28-18)13-4-6-14(27-2)7-5-13/h3-10,18H,11H2,1-2H3,(H,22,23,26). The minimum Gasteiger partial charge on any atom is -0.497 e. The van der Waals surface area contributed by atoms with Crippen molar-refractivity contribution in [2.45, 2.75) is 12.3 Å². The summed E-state index contributed by atoms with van der Waals surface area (Å²) in [6, 6.07) is 13.0. The molecule has 2 amide bonds. The Labute approximate surface area is 166 Å². The second-order valence-corrected chi connectivity index (χ2v) is 7.48. The van der Waals surface area contributed by atoms with Gasteiger partial charge in [-0.15, -0.1) is 16.9 Å². The van der Waals surface area contributed by atoms with Crippen LogP contribution < -0.4 is 15.0 Å². The third kappa shape index (κ3) is 3.38. The molecule has 0 radical (unpaired) electrons. The number of aryl methyl sites for hydroxylation is 1. The first-order chi connectivity index (χ1) is 13.6. The lowest BCUT2D eigenvalue weighted by atomic mass is 10.1. The van der Waals surface area contributed by atoms with Gasteiger partial charge in [-0.1, -0.05) is 11.6 Å². The fraction of sp³-hybridized carbons (Fsp3) is 0.200. The van der Waals surface area contributed by atoms with Crippen molar-refractivity contribution in [3.05, 3.63) is 53.6 Å². The van der Waals surface area contributed by atoms with E-state index in [-0.39, 0.29) is 22.9 Å². The first kappa shape index (κ1) is 18.2. The van der Waals surface area contributed by atoms with Gasteiger partial charge in [-0.05, 0) is 43.3 Å². The second-order valence-electron chi connectivity index (χ2n) is 6.38. The van der Waals surface area contributed by atoms with E-state index in [0.29, 0.717) is 5.75 Å². The highest BCUT2D eigenvalue weighted by Crippen LogP contribution is 2.31. The molecule has 142 valence electrons. The number of carbonyl (C=O) groups excluding carboxylic acids is 2. The lowest BCUT2D eigenvalue weighted by Gasteiger charge is -2.20. The van der Waals surface area contributed by atoms with E-state index in [1.165, 1.54) is 11.8 Å². The molecule has 0 saturated carbocycles. The fourth-order valence-corrected chi connectivity index (χ4v) is 4.08. The highest BCUT2D eigenvalue weighted by molar-refractivity contribution is 8.01. The molecule has 1 saturated heterocycles. The fourth-order valence-electron chi connectivity index (χ4n) is 3.10. The van der Waals surface area contributed by atoms with Crippen LogP contribution in [0.4, 0.5) is 11.4 Å². The normalized spacial score (nSPS) is 20.1. The summed E-state index contributed by atoms with van der Waals surface area (Å²) in [7, 11) is 1.60. The maximum atomic E-state index is 12.3. The Morgan fingerprint density at radius 2 is 2.00 bits per heavy atom. The summed E-state index contributed by atoms with van der Waals surface area (Å²) in [5.41, 5.74) is 3.55. The Morgan fingerprint density at radius 3 is 2.75 bits per heavy atom. The molecule has 0 bridgehead atoms. The van der Waals surface area contributed by atoms with Crippen molar-refractivity contribution in [2.75, 3.05) is 23.1 Å². The van der Waals surface area contributed by atoms with Gasteiger partial charge in [0, 0.05) is 11.3 Å². The maximum Gasteiger partial charge on any atom is 0.276 e. The van der Waals surface area contributed by atoms with E-state index < -0.39 is 0 Å². The number of nitrogens with one attached hydrogen (secondary N) is 1. The molecule has 1 atom stereocenters. The number of fused-ring (bicyclic) bond motifs is 1. The minimum absolute atomic E-state index is 0.00107. The monoisotopic (exact) mass is 394 g/mol. The lowest BCUT2D eigenvalue weighted by Crippen LogP contribution is -2.33. The first-order valence-corrected chi connectivity index (χ1v) is 9.73. The predicted octanol–water partition coefficient (Wildman–Crippen LogP) is 2.84. The summed E-state index contributed by atoms with van der Waals surface area (Å²) in [6.45, 7) is 1.96. The molecule has 0 aromatic heterocycles. The molecule has 28 heavy (non-hydrogen) atoms. The van der Waals surface area contributed by atoms with E-state index in [1.54, 1.807) is 18.2 Å². The molecule has 1 unspecified atom stereocenters. The number of benzene rings is 2. The van der Waals surface area contributed by atoms with Gasteiger partial charge in [-0.2, -0.15) is 5.10 Å². The summed E-state index contributed by atoms with van der Waals surface area (Å²) in [6.07, 6.45) is 1.59. The van der Waals surface area contributed by atoms with Crippen LogP contribution in [0.3, 0.4) is 0 Å². The van der Waals surface area contributed by atoms with E-state index in [2.05, 4.69) is 15.5 Å². The number of ether oxygens (including phenoxy) is 1. The number of anilines is 2. The van der Waals surface area contributed by atoms with Crippen molar-refractivity contribution in [1.29, 1.82) is 0 Å². The number of methoxy groups -OCH3 is 1.